The summed E-state index contributed by atoms with van der Waals surface area (Å²) in [7, 11) is 0. The van der Waals surface area contributed by atoms with Crippen LogP contribution in [0.4, 0.5) is 5.13 Å². The minimum atomic E-state index is -0.101. The van der Waals surface area contributed by atoms with Crippen LogP contribution in [-0.2, 0) is 11.3 Å². The van der Waals surface area contributed by atoms with Gasteiger partial charge in [0.1, 0.15) is 0 Å². The molecule has 1 aliphatic heterocycles. The van der Waals surface area contributed by atoms with Gasteiger partial charge in [-0.3, -0.25) is 9.69 Å². The standard InChI is InChI=1S/C25H23N5O2S2/c1-2-30-23-18(14-26-30)17(13-20(27-23)21-10-6-12-33-21)24(31)29(15-16-7-5-11-32-16)25-28-19-8-3-4-9-22(19)34-25/h3-4,6,8-10,12-14,16H,2,5,7,11,15H2,1H3. The lowest BCUT2D eigenvalue weighted by molar-refractivity contribution is 0.0918. The Morgan fingerprint density at radius 1 is 1.24 bits per heavy atom. The van der Waals surface area contributed by atoms with Gasteiger partial charge in [0.15, 0.2) is 10.8 Å². The third-order valence-corrected chi connectivity index (χ3v) is 8.03. The number of amides is 1. The third kappa shape index (κ3) is 3.79. The van der Waals surface area contributed by atoms with Crippen LogP contribution in [0.5, 0.6) is 0 Å². The fraction of sp³-hybridized carbons (Fsp3) is 0.280. The second-order valence-corrected chi connectivity index (χ2v) is 10.2. The lowest BCUT2D eigenvalue weighted by atomic mass is 10.1. The fourth-order valence-electron chi connectivity index (χ4n) is 4.37. The number of carbonyl (C=O) groups excluding carboxylic acids is 1. The van der Waals surface area contributed by atoms with Crippen molar-refractivity contribution in [3.63, 3.8) is 0 Å². The van der Waals surface area contributed by atoms with Crippen LogP contribution in [0.1, 0.15) is 30.1 Å². The van der Waals surface area contributed by atoms with Crippen molar-refractivity contribution in [1.29, 1.82) is 0 Å². The van der Waals surface area contributed by atoms with Gasteiger partial charge in [-0.05, 0) is 49.4 Å². The first kappa shape index (κ1) is 21.4. The number of thiophene rings is 1. The molecule has 0 radical (unpaired) electrons. The van der Waals surface area contributed by atoms with E-state index in [0.29, 0.717) is 23.8 Å². The number of carbonyl (C=O) groups is 1. The number of pyridine rings is 1. The summed E-state index contributed by atoms with van der Waals surface area (Å²) in [6, 6.07) is 13.9. The van der Waals surface area contributed by atoms with E-state index in [1.54, 1.807) is 22.4 Å². The molecule has 0 saturated carbocycles. The van der Waals surface area contributed by atoms with Crippen molar-refractivity contribution in [2.75, 3.05) is 18.1 Å². The SMILES string of the molecule is CCn1ncc2c(C(=O)N(CC3CCCO3)c3nc4ccccc4s3)cc(-c3cccs3)nc21. The molecule has 6 rings (SSSR count). The number of hydrogen-bond acceptors (Lipinski definition) is 7. The monoisotopic (exact) mass is 489 g/mol. The summed E-state index contributed by atoms with van der Waals surface area (Å²) in [4.78, 5) is 26.7. The zero-order valence-corrected chi connectivity index (χ0v) is 20.3. The van der Waals surface area contributed by atoms with Crippen LogP contribution in [0.2, 0.25) is 0 Å². The molecule has 1 atom stereocenters. The highest BCUT2D eigenvalue weighted by Crippen LogP contribution is 2.33. The van der Waals surface area contributed by atoms with E-state index in [2.05, 4.69) is 5.10 Å². The molecule has 34 heavy (non-hydrogen) atoms. The van der Waals surface area contributed by atoms with Gasteiger partial charge in [-0.2, -0.15) is 5.10 Å². The number of rotatable bonds is 6. The molecule has 1 aromatic carbocycles. The molecule has 4 aromatic heterocycles. The molecule has 0 N–H and O–H groups in total. The number of benzene rings is 1. The summed E-state index contributed by atoms with van der Waals surface area (Å²) >= 11 is 3.14. The number of para-hydroxylation sites is 1. The summed E-state index contributed by atoms with van der Waals surface area (Å²) in [5.74, 6) is -0.101. The van der Waals surface area contributed by atoms with Crippen molar-refractivity contribution in [3.8, 4) is 10.6 Å². The van der Waals surface area contributed by atoms with Gasteiger partial charge in [0.05, 0.1) is 50.6 Å². The number of aromatic nitrogens is 4. The van der Waals surface area contributed by atoms with Crippen molar-refractivity contribution in [2.45, 2.75) is 32.4 Å². The lowest BCUT2D eigenvalue weighted by Crippen LogP contribution is -2.37. The third-order valence-electron chi connectivity index (χ3n) is 6.08. The maximum atomic E-state index is 14.2. The van der Waals surface area contributed by atoms with E-state index in [-0.39, 0.29) is 12.0 Å². The maximum absolute atomic E-state index is 14.2. The van der Waals surface area contributed by atoms with Crippen LogP contribution in [-0.4, -0.2) is 44.9 Å². The second-order valence-electron chi connectivity index (χ2n) is 8.24. The zero-order valence-electron chi connectivity index (χ0n) is 18.7. The Morgan fingerprint density at radius 3 is 2.91 bits per heavy atom. The first-order valence-corrected chi connectivity index (χ1v) is 13.1. The van der Waals surface area contributed by atoms with Crippen LogP contribution in [0.25, 0.3) is 31.8 Å². The summed E-state index contributed by atoms with van der Waals surface area (Å²) in [5, 5.41) is 7.96. The molecule has 0 bridgehead atoms. The van der Waals surface area contributed by atoms with Gasteiger partial charge in [0.25, 0.3) is 5.91 Å². The molecular formula is C25H23N5O2S2. The zero-order chi connectivity index (χ0) is 23.1. The molecule has 1 aliphatic rings. The van der Waals surface area contributed by atoms with Gasteiger partial charge < -0.3 is 4.74 Å². The van der Waals surface area contributed by atoms with Crippen LogP contribution < -0.4 is 4.90 Å². The van der Waals surface area contributed by atoms with Crippen LogP contribution in [0.15, 0.2) is 54.0 Å². The number of nitrogens with zero attached hydrogens (tertiary/aromatic N) is 5. The Kier molecular flexibility index (Phi) is 5.60. The Balaban J connectivity index is 1.49. The average molecular weight is 490 g/mol. The largest absolute Gasteiger partial charge is 0.376 e. The van der Waals surface area contributed by atoms with Gasteiger partial charge in [0.2, 0.25) is 0 Å². The number of hydrogen-bond donors (Lipinski definition) is 0. The molecule has 5 aromatic rings. The molecule has 1 fully saturated rings. The van der Waals surface area contributed by atoms with E-state index in [1.165, 1.54) is 11.3 Å². The Morgan fingerprint density at radius 2 is 2.15 bits per heavy atom. The van der Waals surface area contributed by atoms with E-state index in [9.17, 15) is 4.79 Å². The first-order valence-electron chi connectivity index (χ1n) is 11.4. The second kappa shape index (κ2) is 8.90. The number of anilines is 1. The minimum absolute atomic E-state index is 0.00317. The molecule has 0 spiro atoms. The molecule has 1 amide bonds. The Labute approximate surface area is 204 Å². The Bertz CT molecular complexity index is 1430. The van der Waals surface area contributed by atoms with Crippen molar-refractivity contribution in [2.24, 2.45) is 0 Å². The van der Waals surface area contributed by atoms with Gasteiger partial charge in [-0.15, -0.1) is 11.3 Å². The van der Waals surface area contributed by atoms with Crippen LogP contribution in [0, 0.1) is 0 Å². The van der Waals surface area contributed by atoms with E-state index in [4.69, 9.17) is 14.7 Å². The molecule has 7 nitrogen and oxygen atoms in total. The van der Waals surface area contributed by atoms with E-state index >= 15 is 0 Å². The molecule has 1 unspecified atom stereocenters. The van der Waals surface area contributed by atoms with E-state index < -0.39 is 0 Å². The van der Waals surface area contributed by atoms with Gasteiger partial charge in [0, 0.05) is 13.2 Å². The number of fused-ring (bicyclic) bond motifs is 2. The van der Waals surface area contributed by atoms with Crippen molar-refractivity contribution in [1.82, 2.24) is 19.7 Å². The summed E-state index contributed by atoms with van der Waals surface area (Å²) in [5.41, 5.74) is 2.98. The summed E-state index contributed by atoms with van der Waals surface area (Å²) in [6.07, 6.45) is 3.70. The van der Waals surface area contributed by atoms with Crippen LogP contribution >= 0.6 is 22.7 Å². The van der Waals surface area contributed by atoms with E-state index in [1.807, 2.05) is 59.5 Å². The predicted molar refractivity (Wildman–Crippen MR) is 137 cm³/mol. The smallest absolute Gasteiger partial charge is 0.261 e. The van der Waals surface area contributed by atoms with Gasteiger partial charge in [-0.25, -0.2) is 14.6 Å². The van der Waals surface area contributed by atoms with Crippen molar-refractivity contribution < 1.29 is 9.53 Å². The predicted octanol–water partition coefficient (Wildman–Crippen LogP) is 5.62. The normalized spacial score (nSPS) is 16.0. The average Bonchev–Trinajstić information content (AvgIpc) is 3.67. The molecule has 172 valence electrons. The van der Waals surface area contributed by atoms with E-state index in [0.717, 1.165) is 51.3 Å². The van der Waals surface area contributed by atoms with Crippen LogP contribution in [0.3, 0.4) is 0 Å². The highest BCUT2D eigenvalue weighted by molar-refractivity contribution is 7.22. The maximum Gasteiger partial charge on any atom is 0.261 e. The van der Waals surface area contributed by atoms with Crippen molar-refractivity contribution >= 4 is 55.0 Å². The quantitative estimate of drug-likeness (QED) is 0.310. The Hall–Kier alpha value is -3.14. The molecule has 0 aliphatic carbocycles. The minimum Gasteiger partial charge on any atom is -0.376 e. The molecule has 5 heterocycles. The number of aryl methyl sites for hydroxylation is 1. The first-order chi connectivity index (χ1) is 16.7. The summed E-state index contributed by atoms with van der Waals surface area (Å²) < 4.78 is 8.81. The van der Waals surface area contributed by atoms with Gasteiger partial charge in [-0.1, -0.05) is 29.5 Å². The number of ether oxygens (including phenoxy) is 1. The molecule has 1 saturated heterocycles. The molecular weight excluding hydrogens is 466 g/mol. The highest BCUT2D eigenvalue weighted by atomic mass is 32.1. The summed E-state index contributed by atoms with van der Waals surface area (Å²) in [6.45, 7) is 3.91. The number of thiazole rings is 1. The van der Waals surface area contributed by atoms with Gasteiger partial charge >= 0.3 is 0 Å². The highest BCUT2D eigenvalue weighted by Gasteiger charge is 2.29. The molecule has 9 heteroatoms. The topological polar surface area (TPSA) is 73.1 Å². The van der Waals surface area contributed by atoms with Crippen molar-refractivity contribution in [3.05, 3.63) is 59.6 Å². The lowest BCUT2D eigenvalue weighted by Gasteiger charge is -2.23. The fourth-order valence-corrected chi connectivity index (χ4v) is 6.03.